The fourth-order valence-corrected chi connectivity index (χ4v) is 0.929. The Morgan fingerprint density at radius 2 is 1.86 bits per heavy atom. The summed E-state index contributed by atoms with van der Waals surface area (Å²) in [4.78, 5) is 2.17. The van der Waals surface area contributed by atoms with Crippen LogP contribution in [0.25, 0.3) is 0 Å². The van der Waals surface area contributed by atoms with E-state index in [9.17, 15) is 0 Å². The van der Waals surface area contributed by atoms with Crippen LogP contribution in [-0.4, -0.2) is 50.8 Å². The molecule has 3 nitrogen and oxygen atoms in total. The molecule has 0 rings (SSSR count). The Bertz CT molecular complexity index is 135. The van der Waals surface area contributed by atoms with E-state index >= 15 is 0 Å². The maximum absolute atomic E-state index is 5.71. The second-order valence-electron chi connectivity index (χ2n) is 4.51. The maximum Gasteiger partial charge on any atom is 0.0624 e. The Labute approximate surface area is 88.8 Å². The van der Waals surface area contributed by atoms with Crippen molar-refractivity contribution in [1.82, 2.24) is 10.2 Å². The lowest BCUT2D eigenvalue weighted by Crippen LogP contribution is -2.32. The van der Waals surface area contributed by atoms with Crippen LogP contribution >= 0.6 is 0 Å². The molecule has 0 saturated carbocycles. The van der Waals surface area contributed by atoms with Crippen LogP contribution in [0.4, 0.5) is 0 Å². The summed E-state index contributed by atoms with van der Waals surface area (Å²) in [5.74, 6) is 0. The van der Waals surface area contributed by atoms with Crippen LogP contribution in [-0.2, 0) is 4.74 Å². The molecule has 0 aromatic carbocycles. The van der Waals surface area contributed by atoms with Crippen molar-refractivity contribution < 1.29 is 4.74 Å². The molecule has 0 saturated heterocycles. The van der Waals surface area contributed by atoms with E-state index in [4.69, 9.17) is 4.74 Å². The third-order valence-electron chi connectivity index (χ3n) is 2.36. The van der Waals surface area contributed by atoms with Crippen molar-refractivity contribution >= 4 is 0 Å². The van der Waals surface area contributed by atoms with Crippen molar-refractivity contribution in [3.63, 3.8) is 0 Å². The van der Waals surface area contributed by atoms with Gasteiger partial charge in [-0.25, -0.2) is 0 Å². The van der Waals surface area contributed by atoms with Gasteiger partial charge in [0.1, 0.15) is 0 Å². The van der Waals surface area contributed by atoms with Crippen LogP contribution in [0.2, 0.25) is 0 Å². The molecule has 1 N–H and O–H groups in total. The SMILES string of the molecule is CCC(C)(C)OCCNCCN(C)C. The van der Waals surface area contributed by atoms with Crippen LogP contribution in [0.5, 0.6) is 0 Å². The topological polar surface area (TPSA) is 24.5 Å². The number of ether oxygens (including phenoxy) is 1. The van der Waals surface area contributed by atoms with Gasteiger partial charge in [0.05, 0.1) is 12.2 Å². The summed E-state index contributed by atoms with van der Waals surface area (Å²) >= 11 is 0. The number of hydrogen-bond acceptors (Lipinski definition) is 3. The van der Waals surface area contributed by atoms with Crippen molar-refractivity contribution in [3.05, 3.63) is 0 Å². The van der Waals surface area contributed by atoms with Crippen molar-refractivity contribution in [1.29, 1.82) is 0 Å². The summed E-state index contributed by atoms with van der Waals surface area (Å²) in [6.07, 6.45) is 1.06. The Balaban J connectivity index is 3.21. The first-order valence-corrected chi connectivity index (χ1v) is 5.47. The van der Waals surface area contributed by atoms with Crippen molar-refractivity contribution in [3.8, 4) is 0 Å². The molecule has 14 heavy (non-hydrogen) atoms. The summed E-state index contributed by atoms with van der Waals surface area (Å²) < 4.78 is 5.71. The predicted octanol–water partition coefficient (Wildman–Crippen LogP) is 1.34. The molecule has 0 atom stereocenters. The fourth-order valence-electron chi connectivity index (χ4n) is 0.929. The normalized spacial score (nSPS) is 12.4. The lowest BCUT2D eigenvalue weighted by molar-refractivity contribution is -0.0180. The molecule has 86 valence electrons. The molecule has 0 unspecified atom stereocenters. The van der Waals surface area contributed by atoms with Crippen molar-refractivity contribution in [2.45, 2.75) is 32.8 Å². The van der Waals surface area contributed by atoms with Gasteiger partial charge in [-0.3, -0.25) is 0 Å². The van der Waals surface area contributed by atoms with Gasteiger partial charge in [0.2, 0.25) is 0 Å². The first kappa shape index (κ1) is 13.9. The largest absolute Gasteiger partial charge is 0.374 e. The smallest absolute Gasteiger partial charge is 0.0624 e. The molecule has 0 aliphatic carbocycles. The van der Waals surface area contributed by atoms with Gasteiger partial charge in [-0.1, -0.05) is 6.92 Å². The molecule has 0 radical (unpaired) electrons. The number of likely N-dealkylation sites (N-methyl/N-ethyl adjacent to an activating group) is 1. The quantitative estimate of drug-likeness (QED) is 0.601. The average molecular weight is 202 g/mol. The first-order chi connectivity index (χ1) is 6.48. The monoisotopic (exact) mass is 202 g/mol. The van der Waals surface area contributed by atoms with Crippen LogP contribution in [0.3, 0.4) is 0 Å². The van der Waals surface area contributed by atoms with E-state index in [0.29, 0.717) is 0 Å². The molecular formula is C11H26N2O. The molecule has 0 aliphatic rings. The third kappa shape index (κ3) is 8.48. The highest BCUT2D eigenvalue weighted by molar-refractivity contribution is 4.65. The highest BCUT2D eigenvalue weighted by Gasteiger charge is 2.13. The molecule has 0 amide bonds. The van der Waals surface area contributed by atoms with E-state index in [1.165, 1.54) is 0 Å². The molecule has 0 bridgehead atoms. The van der Waals surface area contributed by atoms with E-state index in [0.717, 1.165) is 32.7 Å². The summed E-state index contributed by atoms with van der Waals surface area (Å²) in [7, 11) is 4.16. The maximum atomic E-state index is 5.71. The number of rotatable bonds is 8. The summed E-state index contributed by atoms with van der Waals surface area (Å²) in [5, 5.41) is 3.35. The molecule has 3 heteroatoms. The number of hydrogen-bond donors (Lipinski definition) is 1. The standard InChI is InChI=1S/C11H26N2O/c1-6-11(2,3)14-10-8-12-7-9-13(4)5/h12H,6-10H2,1-5H3. The second-order valence-corrected chi connectivity index (χ2v) is 4.51. The van der Waals surface area contributed by atoms with Gasteiger partial charge in [0.25, 0.3) is 0 Å². The van der Waals surface area contributed by atoms with E-state index in [1.54, 1.807) is 0 Å². The van der Waals surface area contributed by atoms with Crippen molar-refractivity contribution in [2.24, 2.45) is 0 Å². The Hall–Kier alpha value is -0.120. The minimum Gasteiger partial charge on any atom is -0.374 e. The van der Waals surface area contributed by atoms with Gasteiger partial charge in [0.15, 0.2) is 0 Å². The van der Waals surface area contributed by atoms with E-state index in [-0.39, 0.29) is 5.60 Å². The zero-order valence-electron chi connectivity index (χ0n) is 10.4. The van der Waals surface area contributed by atoms with Gasteiger partial charge >= 0.3 is 0 Å². The van der Waals surface area contributed by atoms with Gasteiger partial charge in [-0.2, -0.15) is 0 Å². The summed E-state index contributed by atoms with van der Waals surface area (Å²) in [5.41, 5.74) is 0.0310. The van der Waals surface area contributed by atoms with Crippen LogP contribution < -0.4 is 5.32 Å². The Morgan fingerprint density at radius 1 is 1.21 bits per heavy atom. The predicted molar refractivity (Wildman–Crippen MR) is 61.7 cm³/mol. The number of nitrogens with one attached hydrogen (secondary N) is 1. The van der Waals surface area contributed by atoms with Gasteiger partial charge in [0, 0.05) is 19.6 Å². The van der Waals surface area contributed by atoms with Gasteiger partial charge in [-0.05, 0) is 34.4 Å². The molecule has 0 aliphatic heterocycles. The minimum absolute atomic E-state index is 0.0310. The van der Waals surface area contributed by atoms with E-state index in [1.807, 2.05) is 0 Å². The van der Waals surface area contributed by atoms with Crippen LogP contribution in [0.1, 0.15) is 27.2 Å². The lowest BCUT2D eigenvalue weighted by Gasteiger charge is -2.23. The minimum atomic E-state index is 0.0310. The van der Waals surface area contributed by atoms with Crippen LogP contribution in [0, 0.1) is 0 Å². The van der Waals surface area contributed by atoms with Crippen molar-refractivity contribution in [2.75, 3.05) is 40.3 Å². The zero-order chi connectivity index (χ0) is 11.0. The number of nitrogens with zero attached hydrogens (tertiary/aromatic N) is 1. The lowest BCUT2D eigenvalue weighted by atomic mass is 10.1. The molecule has 0 fully saturated rings. The average Bonchev–Trinajstić information content (AvgIpc) is 2.10. The Morgan fingerprint density at radius 3 is 2.36 bits per heavy atom. The van der Waals surface area contributed by atoms with Crippen LogP contribution in [0.15, 0.2) is 0 Å². The highest BCUT2D eigenvalue weighted by atomic mass is 16.5. The third-order valence-corrected chi connectivity index (χ3v) is 2.36. The molecule has 0 aromatic rings. The first-order valence-electron chi connectivity index (χ1n) is 5.47. The molecular weight excluding hydrogens is 176 g/mol. The van der Waals surface area contributed by atoms with Gasteiger partial charge < -0.3 is 15.0 Å². The second kappa shape index (κ2) is 7.21. The molecule has 0 aromatic heterocycles. The fraction of sp³-hybridized carbons (Fsp3) is 1.00. The summed E-state index contributed by atoms with van der Waals surface area (Å²) in [6.45, 7) is 10.3. The molecule has 0 spiro atoms. The highest BCUT2D eigenvalue weighted by Crippen LogP contribution is 2.12. The zero-order valence-corrected chi connectivity index (χ0v) is 10.4. The molecule has 0 heterocycles. The van der Waals surface area contributed by atoms with E-state index < -0.39 is 0 Å². The summed E-state index contributed by atoms with van der Waals surface area (Å²) in [6, 6.07) is 0. The van der Waals surface area contributed by atoms with Gasteiger partial charge in [-0.15, -0.1) is 0 Å². The van der Waals surface area contributed by atoms with E-state index in [2.05, 4.69) is 45.1 Å². The Kier molecular flexibility index (Phi) is 7.15.